The van der Waals surface area contributed by atoms with Crippen LogP contribution in [0.4, 0.5) is 0 Å². The van der Waals surface area contributed by atoms with Crippen LogP contribution in [0.5, 0.6) is 0 Å². The normalized spacial score (nSPS) is 13.1. The SMILES string of the molecule is CC1=CCC=CC1.Cc1ccccc1.[Ru]. The number of rotatable bonds is 0. The summed E-state index contributed by atoms with van der Waals surface area (Å²) in [7, 11) is 0. The van der Waals surface area contributed by atoms with Gasteiger partial charge in [0.1, 0.15) is 0 Å². The molecule has 0 aliphatic heterocycles. The molecule has 0 aromatic heterocycles. The van der Waals surface area contributed by atoms with Gasteiger partial charge in [0, 0.05) is 19.5 Å². The fraction of sp³-hybridized carbons (Fsp3) is 0.286. The molecule has 1 aromatic carbocycles. The van der Waals surface area contributed by atoms with Gasteiger partial charge in [-0.05, 0) is 26.7 Å². The first-order valence-corrected chi connectivity index (χ1v) is 5.11. The van der Waals surface area contributed by atoms with E-state index in [1.165, 1.54) is 17.6 Å². The molecule has 0 radical (unpaired) electrons. The Morgan fingerprint density at radius 1 is 0.933 bits per heavy atom. The van der Waals surface area contributed by atoms with E-state index in [9.17, 15) is 0 Å². The van der Waals surface area contributed by atoms with Crippen LogP contribution in [-0.4, -0.2) is 0 Å². The first kappa shape index (κ1) is 14.3. The molecular weight excluding hydrogens is 269 g/mol. The van der Waals surface area contributed by atoms with Crippen molar-refractivity contribution in [3.8, 4) is 0 Å². The second-order valence-electron chi connectivity index (χ2n) is 3.62. The Hall–Kier alpha value is -0.677. The summed E-state index contributed by atoms with van der Waals surface area (Å²) in [6, 6.07) is 10.3. The first-order chi connectivity index (χ1) is 6.79. The zero-order valence-corrected chi connectivity index (χ0v) is 11.1. The molecule has 1 aliphatic carbocycles. The van der Waals surface area contributed by atoms with Crippen LogP contribution >= 0.6 is 0 Å². The largest absolute Gasteiger partial charge is 0.0844 e. The van der Waals surface area contributed by atoms with Crippen molar-refractivity contribution < 1.29 is 19.5 Å². The van der Waals surface area contributed by atoms with Crippen LogP contribution in [0.15, 0.2) is 54.1 Å². The van der Waals surface area contributed by atoms with Gasteiger partial charge in [0.05, 0.1) is 0 Å². The van der Waals surface area contributed by atoms with Crippen molar-refractivity contribution in [2.45, 2.75) is 26.7 Å². The summed E-state index contributed by atoms with van der Waals surface area (Å²) in [5.41, 5.74) is 2.82. The van der Waals surface area contributed by atoms with E-state index in [1.54, 1.807) is 0 Å². The van der Waals surface area contributed by atoms with E-state index in [1.807, 2.05) is 18.2 Å². The molecule has 0 saturated heterocycles. The van der Waals surface area contributed by atoms with Crippen molar-refractivity contribution in [1.82, 2.24) is 0 Å². The molecule has 0 fully saturated rings. The van der Waals surface area contributed by atoms with Gasteiger partial charge in [-0.3, -0.25) is 0 Å². The fourth-order valence-electron chi connectivity index (χ4n) is 1.25. The van der Waals surface area contributed by atoms with Crippen molar-refractivity contribution in [2.75, 3.05) is 0 Å². The molecule has 0 amide bonds. The maximum absolute atomic E-state index is 2.26. The number of aryl methyl sites for hydroxylation is 1. The summed E-state index contributed by atoms with van der Waals surface area (Å²) in [5, 5.41) is 0. The molecule has 0 saturated carbocycles. The van der Waals surface area contributed by atoms with E-state index in [-0.39, 0.29) is 19.5 Å². The summed E-state index contributed by atoms with van der Waals surface area (Å²) >= 11 is 0. The first-order valence-electron chi connectivity index (χ1n) is 5.11. The third kappa shape index (κ3) is 7.28. The van der Waals surface area contributed by atoms with Gasteiger partial charge < -0.3 is 0 Å². The van der Waals surface area contributed by atoms with Gasteiger partial charge >= 0.3 is 0 Å². The quantitative estimate of drug-likeness (QED) is 0.493. The van der Waals surface area contributed by atoms with Gasteiger partial charge in [-0.15, -0.1) is 0 Å². The molecule has 1 aromatic rings. The summed E-state index contributed by atoms with van der Waals surface area (Å²) < 4.78 is 0. The molecule has 0 atom stereocenters. The van der Waals surface area contributed by atoms with Crippen LogP contribution in [0.1, 0.15) is 25.3 Å². The van der Waals surface area contributed by atoms with E-state index in [4.69, 9.17) is 0 Å². The van der Waals surface area contributed by atoms with Crippen LogP contribution in [0, 0.1) is 6.92 Å². The second-order valence-corrected chi connectivity index (χ2v) is 3.62. The maximum atomic E-state index is 2.26. The summed E-state index contributed by atoms with van der Waals surface area (Å²) in [6.07, 6.45) is 8.99. The van der Waals surface area contributed by atoms with E-state index in [0.29, 0.717) is 0 Å². The third-order valence-electron chi connectivity index (χ3n) is 2.15. The average molecular weight is 287 g/mol. The summed E-state index contributed by atoms with van der Waals surface area (Å²) in [4.78, 5) is 0. The molecule has 1 aliphatic rings. The molecule has 15 heavy (non-hydrogen) atoms. The van der Waals surface area contributed by atoms with E-state index < -0.39 is 0 Å². The zero-order chi connectivity index (χ0) is 10.2. The zero-order valence-electron chi connectivity index (χ0n) is 9.39. The smallest absolute Gasteiger partial charge is 0 e. The van der Waals surface area contributed by atoms with E-state index in [2.05, 4.69) is 44.2 Å². The second kappa shape index (κ2) is 8.62. The Morgan fingerprint density at radius 3 is 1.87 bits per heavy atom. The van der Waals surface area contributed by atoms with E-state index >= 15 is 0 Å². The topological polar surface area (TPSA) is 0 Å². The number of hydrogen-bond donors (Lipinski definition) is 0. The van der Waals surface area contributed by atoms with Gasteiger partial charge in [-0.1, -0.05) is 59.7 Å². The molecule has 0 bridgehead atoms. The van der Waals surface area contributed by atoms with Gasteiger partial charge in [-0.2, -0.15) is 0 Å². The molecule has 0 unspecified atom stereocenters. The van der Waals surface area contributed by atoms with Gasteiger partial charge in [0.25, 0.3) is 0 Å². The molecule has 0 spiro atoms. The van der Waals surface area contributed by atoms with Gasteiger partial charge in [-0.25, -0.2) is 0 Å². The van der Waals surface area contributed by atoms with Crippen LogP contribution in [0.2, 0.25) is 0 Å². The van der Waals surface area contributed by atoms with Gasteiger partial charge in [0.2, 0.25) is 0 Å². The van der Waals surface area contributed by atoms with Crippen LogP contribution in [0.3, 0.4) is 0 Å². The Labute approximate surface area is 106 Å². The van der Waals surface area contributed by atoms with Crippen LogP contribution in [-0.2, 0) is 19.5 Å². The van der Waals surface area contributed by atoms with Crippen molar-refractivity contribution in [1.29, 1.82) is 0 Å². The fourth-order valence-corrected chi connectivity index (χ4v) is 1.25. The molecule has 0 heterocycles. The molecule has 82 valence electrons. The predicted molar refractivity (Wildman–Crippen MR) is 63.3 cm³/mol. The Balaban J connectivity index is 0.000000245. The van der Waals surface area contributed by atoms with Crippen molar-refractivity contribution in [3.63, 3.8) is 0 Å². The van der Waals surface area contributed by atoms with Crippen molar-refractivity contribution in [3.05, 3.63) is 59.7 Å². The molecule has 1 heteroatoms. The molecule has 0 N–H and O–H groups in total. The molecule has 0 nitrogen and oxygen atoms in total. The average Bonchev–Trinajstić information content (AvgIpc) is 2.21. The molecule has 2 rings (SSSR count). The minimum absolute atomic E-state index is 0. The standard InChI is InChI=1S/C7H10.C7H8.Ru/c2*1-7-5-3-2-4-6-7;/h2-3,6H,4-5H2,1H3;2-6H,1H3;. The van der Waals surface area contributed by atoms with Gasteiger partial charge in [0.15, 0.2) is 0 Å². The third-order valence-corrected chi connectivity index (χ3v) is 2.15. The van der Waals surface area contributed by atoms with Crippen LogP contribution in [0.25, 0.3) is 0 Å². The molecular formula is C14H18Ru. The monoisotopic (exact) mass is 288 g/mol. The summed E-state index contributed by atoms with van der Waals surface area (Å²) in [6.45, 7) is 4.25. The van der Waals surface area contributed by atoms with E-state index in [0.717, 1.165) is 6.42 Å². The number of allylic oxidation sites excluding steroid dienone is 4. The maximum Gasteiger partial charge on any atom is 0 e. The minimum Gasteiger partial charge on any atom is -0.0844 e. The van der Waals surface area contributed by atoms with Crippen LogP contribution < -0.4 is 0 Å². The Kier molecular flexibility index (Phi) is 8.23. The minimum atomic E-state index is 0. The number of hydrogen-bond acceptors (Lipinski definition) is 0. The number of benzene rings is 1. The Bertz CT molecular complexity index is 309. The Morgan fingerprint density at radius 2 is 1.60 bits per heavy atom. The van der Waals surface area contributed by atoms with Crippen molar-refractivity contribution in [2.24, 2.45) is 0 Å². The summed E-state index contributed by atoms with van der Waals surface area (Å²) in [5.74, 6) is 0. The predicted octanol–water partition coefficient (Wildman–Crippen LogP) is 4.28. The van der Waals surface area contributed by atoms with Crippen molar-refractivity contribution >= 4 is 0 Å².